The van der Waals surface area contributed by atoms with Gasteiger partial charge in [-0.1, -0.05) is 104 Å². The lowest BCUT2D eigenvalue weighted by molar-refractivity contribution is -0.150. The third-order valence-electron chi connectivity index (χ3n) is 8.95. The fraction of sp³-hybridized carbons (Fsp3) is 0.938. The van der Waals surface area contributed by atoms with Gasteiger partial charge in [-0.25, -0.2) is 4.99 Å². The molecule has 0 aromatic rings. The summed E-state index contributed by atoms with van der Waals surface area (Å²) in [5, 5.41) is 0. The Morgan fingerprint density at radius 3 is 2.06 bits per heavy atom. The molecule has 36 heavy (non-hydrogen) atoms. The van der Waals surface area contributed by atoms with Crippen LogP contribution in [0.3, 0.4) is 0 Å². The minimum Gasteiger partial charge on any atom is -0.475 e. The standard InChI is InChI=1S/C32H57NO3/c1-3-5-7-9-11-12-13-15-17-26-19-24-30-29(25-26)33-32(36-30)27-20-22-28(23-21-27)35-31(34)18-16-14-10-8-6-4-2/h26-30H,3-25H2,1-2H3. The van der Waals surface area contributed by atoms with E-state index >= 15 is 0 Å². The second kappa shape index (κ2) is 17.4. The van der Waals surface area contributed by atoms with Gasteiger partial charge in [0.1, 0.15) is 12.2 Å². The molecule has 2 saturated carbocycles. The third kappa shape index (κ3) is 10.7. The van der Waals surface area contributed by atoms with Crippen LogP contribution in [-0.2, 0) is 14.3 Å². The first-order chi connectivity index (χ1) is 17.7. The fourth-order valence-corrected chi connectivity index (χ4v) is 6.58. The lowest BCUT2D eigenvalue weighted by Gasteiger charge is -2.30. The lowest BCUT2D eigenvalue weighted by Crippen LogP contribution is -2.32. The van der Waals surface area contributed by atoms with Crippen molar-refractivity contribution in [2.24, 2.45) is 16.8 Å². The topological polar surface area (TPSA) is 47.9 Å². The van der Waals surface area contributed by atoms with Crippen LogP contribution in [0.5, 0.6) is 0 Å². The predicted molar refractivity (Wildman–Crippen MR) is 150 cm³/mol. The monoisotopic (exact) mass is 503 g/mol. The van der Waals surface area contributed by atoms with E-state index in [4.69, 9.17) is 14.5 Å². The highest BCUT2D eigenvalue weighted by atomic mass is 16.5. The Morgan fingerprint density at radius 2 is 1.39 bits per heavy atom. The SMILES string of the molecule is CCCCCCCCCCC1CCC2OC(C3CCC(OC(=O)CCCCCCCC)CC3)=NC2C1. The molecule has 0 aromatic heterocycles. The van der Waals surface area contributed by atoms with Gasteiger partial charge in [-0.3, -0.25) is 4.79 Å². The minimum absolute atomic E-state index is 0.0111. The molecule has 4 heteroatoms. The van der Waals surface area contributed by atoms with E-state index in [2.05, 4.69) is 13.8 Å². The first-order valence-corrected chi connectivity index (χ1v) is 16.1. The summed E-state index contributed by atoms with van der Waals surface area (Å²) in [4.78, 5) is 17.3. The Labute approximate surface area is 222 Å². The molecule has 0 aromatic carbocycles. The van der Waals surface area contributed by atoms with Gasteiger partial charge in [-0.05, 0) is 57.3 Å². The number of ether oxygens (including phenoxy) is 2. The van der Waals surface area contributed by atoms with Crippen molar-refractivity contribution in [2.45, 2.75) is 180 Å². The Kier molecular flexibility index (Phi) is 14.3. The lowest BCUT2D eigenvalue weighted by atomic mass is 9.81. The highest BCUT2D eigenvalue weighted by Gasteiger charge is 2.39. The summed E-state index contributed by atoms with van der Waals surface area (Å²) in [6, 6.07) is 0.403. The zero-order valence-corrected chi connectivity index (χ0v) is 23.8. The Morgan fingerprint density at radius 1 is 0.778 bits per heavy atom. The van der Waals surface area contributed by atoms with Gasteiger partial charge < -0.3 is 9.47 Å². The largest absolute Gasteiger partial charge is 0.475 e. The van der Waals surface area contributed by atoms with E-state index in [-0.39, 0.29) is 12.1 Å². The van der Waals surface area contributed by atoms with Crippen molar-refractivity contribution in [2.75, 3.05) is 0 Å². The quantitative estimate of drug-likeness (QED) is 0.138. The summed E-state index contributed by atoms with van der Waals surface area (Å²) in [5.74, 6) is 2.33. The zero-order valence-electron chi connectivity index (χ0n) is 23.8. The van der Waals surface area contributed by atoms with Crippen molar-refractivity contribution in [1.29, 1.82) is 0 Å². The summed E-state index contributed by atoms with van der Waals surface area (Å²) >= 11 is 0. The second-order valence-electron chi connectivity index (χ2n) is 12.1. The summed E-state index contributed by atoms with van der Waals surface area (Å²) in [6.45, 7) is 4.53. The van der Waals surface area contributed by atoms with E-state index < -0.39 is 0 Å². The molecule has 2 aliphatic carbocycles. The molecule has 0 N–H and O–H groups in total. The van der Waals surface area contributed by atoms with Crippen LogP contribution in [-0.4, -0.2) is 30.1 Å². The van der Waals surface area contributed by atoms with Crippen LogP contribution in [0.1, 0.15) is 162 Å². The third-order valence-corrected chi connectivity index (χ3v) is 8.95. The molecule has 3 atom stereocenters. The molecule has 3 aliphatic rings. The Hall–Kier alpha value is -1.06. The van der Waals surface area contributed by atoms with Crippen LogP contribution < -0.4 is 0 Å². The number of fused-ring (bicyclic) bond motifs is 1. The van der Waals surface area contributed by atoms with Crippen LogP contribution >= 0.6 is 0 Å². The highest BCUT2D eigenvalue weighted by Crippen LogP contribution is 2.38. The van der Waals surface area contributed by atoms with Crippen molar-refractivity contribution >= 4 is 11.9 Å². The zero-order chi connectivity index (χ0) is 25.4. The number of hydrogen-bond acceptors (Lipinski definition) is 4. The molecule has 1 heterocycles. The molecule has 0 amide bonds. The molecule has 0 radical (unpaired) electrons. The highest BCUT2D eigenvalue weighted by molar-refractivity contribution is 5.80. The van der Waals surface area contributed by atoms with Gasteiger partial charge in [0.25, 0.3) is 0 Å². The average Bonchev–Trinajstić information content (AvgIpc) is 3.31. The molecule has 0 bridgehead atoms. The van der Waals surface area contributed by atoms with Crippen molar-refractivity contribution in [3.8, 4) is 0 Å². The summed E-state index contributed by atoms with van der Waals surface area (Å²) in [7, 11) is 0. The number of hydrogen-bond donors (Lipinski definition) is 0. The Balaban J connectivity index is 1.26. The first kappa shape index (κ1) is 29.5. The number of aliphatic imine (C=N–C) groups is 1. The number of carbonyl (C=O) groups excluding carboxylic acids is 1. The van der Waals surface area contributed by atoms with Crippen LogP contribution in [0.2, 0.25) is 0 Å². The van der Waals surface area contributed by atoms with E-state index in [0.717, 1.165) is 50.3 Å². The molecule has 3 rings (SSSR count). The smallest absolute Gasteiger partial charge is 0.306 e. The van der Waals surface area contributed by atoms with Gasteiger partial charge in [-0.2, -0.15) is 0 Å². The molecule has 4 nitrogen and oxygen atoms in total. The molecule has 1 aliphatic heterocycles. The molecule has 2 fully saturated rings. The maximum Gasteiger partial charge on any atom is 0.306 e. The van der Waals surface area contributed by atoms with Gasteiger partial charge in [-0.15, -0.1) is 0 Å². The van der Waals surface area contributed by atoms with Gasteiger partial charge in [0.2, 0.25) is 0 Å². The first-order valence-electron chi connectivity index (χ1n) is 16.1. The van der Waals surface area contributed by atoms with Gasteiger partial charge in [0, 0.05) is 12.3 Å². The van der Waals surface area contributed by atoms with Crippen LogP contribution in [0.4, 0.5) is 0 Å². The van der Waals surface area contributed by atoms with Crippen LogP contribution in [0.25, 0.3) is 0 Å². The number of esters is 1. The molecule has 0 spiro atoms. The second-order valence-corrected chi connectivity index (χ2v) is 12.1. The Bertz CT molecular complexity index is 625. The molecular formula is C32H57NO3. The van der Waals surface area contributed by atoms with Crippen LogP contribution in [0.15, 0.2) is 4.99 Å². The summed E-state index contributed by atoms with van der Waals surface area (Å²) < 4.78 is 12.2. The number of rotatable bonds is 18. The van der Waals surface area contributed by atoms with E-state index in [1.54, 1.807) is 0 Å². The van der Waals surface area contributed by atoms with Crippen molar-refractivity contribution in [3.63, 3.8) is 0 Å². The minimum atomic E-state index is 0.0111. The van der Waals surface area contributed by atoms with Crippen molar-refractivity contribution in [1.82, 2.24) is 0 Å². The maximum absolute atomic E-state index is 12.2. The van der Waals surface area contributed by atoms with Gasteiger partial charge in [0.05, 0.1) is 6.04 Å². The van der Waals surface area contributed by atoms with Crippen LogP contribution in [0, 0.1) is 11.8 Å². The number of unbranched alkanes of at least 4 members (excludes halogenated alkanes) is 12. The van der Waals surface area contributed by atoms with E-state index in [9.17, 15) is 4.79 Å². The van der Waals surface area contributed by atoms with Crippen molar-refractivity contribution in [3.05, 3.63) is 0 Å². The fourth-order valence-electron chi connectivity index (χ4n) is 6.58. The maximum atomic E-state index is 12.2. The molecule has 3 unspecified atom stereocenters. The van der Waals surface area contributed by atoms with Gasteiger partial charge in [0.15, 0.2) is 5.90 Å². The molecular weight excluding hydrogens is 446 g/mol. The van der Waals surface area contributed by atoms with E-state index in [1.807, 2.05) is 0 Å². The average molecular weight is 504 g/mol. The van der Waals surface area contributed by atoms with Gasteiger partial charge >= 0.3 is 5.97 Å². The predicted octanol–water partition coefficient (Wildman–Crippen LogP) is 9.34. The summed E-state index contributed by atoms with van der Waals surface area (Å²) in [5.41, 5.74) is 0. The summed E-state index contributed by atoms with van der Waals surface area (Å²) in [6.07, 6.45) is 28.7. The number of nitrogens with zero attached hydrogens (tertiary/aromatic N) is 1. The van der Waals surface area contributed by atoms with Crippen molar-refractivity contribution < 1.29 is 14.3 Å². The normalized spacial score (nSPS) is 27.8. The van der Waals surface area contributed by atoms with E-state index in [1.165, 1.54) is 103 Å². The molecule has 208 valence electrons. The number of carbonyl (C=O) groups is 1. The van der Waals surface area contributed by atoms with E-state index in [0.29, 0.717) is 24.5 Å². The molecule has 0 saturated heterocycles.